The maximum Gasteiger partial charge on any atom is 0.0706 e. The van der Waals surface area contributed by atoms with Gasteiger partial charge in [0.1, 0.15) is 0 Å². The molecule has 3 nitrogen and oxygen atoms in total. The van der Waals surface area contributed by atoms with E-state index in [1.807, 2.05) is 19.1 Å². The third kappa shape index (κ3) is 2.89. The molecule has 3 heteroatoms. The molecule has 102 valence electrons. The molecule has 0 amide bonds. The van der Waals surface area contributed by atoms with Gasteiger partial charge in [0, 0.05) is 23.8 Å². The molecule has 0 spiro atoms. The van der Waals surface area contributed by atoms with Crippen LogP contribution in [0.3, 0.4) is 0 Å². The summed E-state index contributed by atoms with van der Waals surface area (Å²) in [7, 11) is 0. The second kappa shape index (κ2) is 5.47. The van der Waals surface area contributed by atoms with Crippen LogP contribution < -0.4 is 5.73 Å². The van der Waals surface area contributed by atoms with Gasteiger partial charge in [-0.1, -0.05) is 24.3 Å². The van der Waals surface area contributed by atoms with Gasteiger partial charge in [-0.3, -0.25) is 4.98 Å². The van der Waals surface area contributed by atoms with Crippen molar-refractivity contribution in [2.45, 2.75) is 25.9 Å². The summed E-state index contributed by atoms with van der Waals surface area (Å²) in [6, 6.07) is 14.7. The fourth-order valence-electron chi connectivity index (χ4n) is 2.46. The van der Waals surface area contributed by atoms with E-state index in [-0.39, 0.29) is 6.04 Å². The number of aromatic nitrogens is 2. The Morgan fingerprint density at radius 2 is 2.00 bits per heavy atom. The number of fused-ring (bicyclic) bond motifs is 1. The van der Waals surface area contributed by atoms with Crippen LogP contribution in [0, 0.1) is 0 Å². The minimum Gasteiger partial charge on any atom is -0.348 e. The Labute approximate surface area is 119 Å². The minimum atomic E-state index is 0.199. The number of pyridine rings is 1. The fraction of sp³-hybridized carbons (Fsp3) is 0.235. The van der Waals surface area contributed by atoms with E-state index in [4.69, 9.17) is 10.7 Å². The van der Waals surface area contributed by atoms with Gasteiger partial charge in [0.25, 0.3) is 0 Å². The predicted octanol–water partition coefficient (Wildman–Crippen LogP) is 2.97. The van der Waals surface area contributed by atoms with Gasteiger partial charge in [-0.2, -0.15) is 0 Å². The number of nitrogens with two attached hydrogens (primary N) is 1. The highest BCUT2D eigenvalue weighted by Crippen LogP contribution is 2.13. The van der Waals surface area contributed by atoms with E-state index in [9.17, 15) is 0 Å². The standard InChI is InChI=1S/C17H19N3/c1-13(18)10-14-8-9-20(11-14)12-16-7-6-15-4-2-3-5-17(15)19-16/h2-9,11,13H,10,12,18H2,1H3. The molecule has 2 aromatic heterocycles. The number of hydrogen-bond donors (Lipinski definition) is 1. The summed E-state index contributed by atoms with van der Waals surface area (Å²) in [6.45, 7) is 2.83. The van der Waals surface area contributed by atoms with E-state index in [1.165, 1.54) is 10.9 Å². The smallest absolute Gasteiger partial charge is 0.0706 e. The lowest BCUT2D eigenvalue weighted by Crippen LogP contribution is -2.17. The summed E-state index contributed by atoms with van der Waals surface area (Å²) >= 11 is 0. The van der Waals surface area contributed by atoms with Gasteiger partial charge >= 0.3 is 0 Å². The van der Waals surface area contributed by atoms with Crippen LogP contribution in [-0.2, 0) is 13.0 Å². The molecule has 2 heterocycles. The maximum absolute atomic E-state index is 5.83. The molecule has 0 bridgehead atoms. The average Bonchev–Trinajstić information content (AvgIpc) is 2.85. The van der Waals surface area contributed by atoms with Gasteiger partial charge in [0.05, 0.1) is 17.8 Å². The maximum atomic E-state index is 5.83. The Balaban J connectivity index is 1.80. The lowest BCUT2D eigenvalue weighted by Gasteiger charge is -2.05. The van der Waals surface area contributed by atoms with Crippen LogP contribution in [0.5, 0.6) is 0 Å². The molecule has 0 fully saturated rings. The topological polar surface area (TPSA) is 43.8 Å². The molecule has 0 aliphatic rings. The Hall–Kier alpha value is -2.13. The average molecular weight is 265 g/mol. The Morgan fingerprint density at radius 3 is 2.85 bits per heavy atom. The van der Waals surface area contributed by atoms with E-state index in [1.54, 1.807) is 0 Å². The van der Waals surface area contributed by atoms with Crippen molar-refractivity contribution in [1.29, 1.82) is 0 Å². The van der Waals surface area contributed by atoms with Crippen LogP contribution >= 0.6 is 0 Å². The van der Waals surface area contributed by atoms with E-state index >= 15 is 0 Å². The zero-order valence-electron chi connectivity index (χ0n) is 11.7. The van der Waals surface area contributed by atoms with Crippen molar-refractivity contribution in [2.24, 2.45) is 5.73 Å². The molecule has 0 saturated heterocycles. The molecule has 3 rings (SSSR count). The first-order chi connectivity index (χ1) is 9.70. The zero-order valence-corrected chi connectivity index (χ0v) is 11.7. The third-order valence-electron chi connectivity index (χ3n) is 3.37. The van der Waals surface area contributed by atoms with E-state index in [0.717, 1.165) is 24.2 Å². The molecular formula is C17H19N3. The van der Waals surface area contributed by atoms with Gasteiger partial charge in [-0.15, -0.1) is 0 Å². The van der Waals surface area contributed by atoms with Crippen molar-refractivity contribution in [3.8, 4) is 0 Å². The van der Waals surface area contributed by atoms with Crippen molar-refractivity contribution in [2.75, 3.05) is 0 Å². The van der Waals surface area contributed by atoms with Crippen molar-refractivity contribution < 1.29 is 0 Å². The van der Waals surface area contributed by atoms with Gasteiger partial charge in [-0.05, 0) is 37.1 Å². The molecule has 0 aliphatic carbocycles. The van der Waals surface area contributed by atoms with Gasteiger partial charge in [0.2, 0.25) is 0 Å². The molecule has 2 N–H and O–H groups in total. The predicted molar refractivity (Wildman–Crippen MR) is 82.6 cm³/mol. The fourth-order valence-corrected chi connectivity index (χ4v) is 2.46. The SMILES string of the molecule is CC(N)Cc1ccn(Cc2ccc3ccccc3n2)c1. The molecule has 3 aromatic rings. The molecule has 1 aromatic carbocycles. The monoisotopic (exact) mass is 265 g/mol. The van der Waals surface area contributed by atoms with E-state index < -0.39 is 0 Å². The van der Waals surface area contributed by atoms with Gasteiger partial charge in [-0.25, -0.2) is 0 Å². The number of benzene rings is 1. The number of nitrogens with zero attached hydrogens (tertiary/aromatic N) is 2. The quantitative estimate of drug-likeness (QED) is 0.788. The summed E-state index contributed by atoms with van der Waals surface area (Å²) in [5.74, 6) is 0. The highest BCUT2D eigenvalue weighted by molar-refractivity contribution is 5.78. The van der Waals surface area contributed by atoms with Crippen molar-refractivity contribution in [3.05, 3.63) is 66.1 Å². The van der Waals surface area contributed by atoms with Crippen molar-refractivity contribution in [3.63, 3.8) is 0 Å². The Morgan fingerprint density at radius 1 is 1.15 bits per heavy atom. The Kier molecular flexibility index (Phi) is 3.52. The Bertz CT molecular complexity index is 713. The van der Waals surface area contributed by atoms with Crippen LogP contribution in [0.1, 0.15) is 18.2 Å². The molecule has 0 saturated carbocycles. The molecule has 20 heavy (non-hydrogen) atoms. The van der Waals surface area contributed by atoms with Gasteiger partial charge in [0.15, 0.2) is 0 Å². The number of rotatable bonds is 4. The summed E-state index contributed by atoms with van der Waals surface area (Å²) < 4.78 is 2.16. The number of para-hydroxylation sites is 1. The summed E-state index contributed by atoms with van der Waals surface area (Å²) in [5, 5.41) is 1.18. The molecule has 1 atom stereocenters. The summed E-state index contributed by atoms with van der Waals surface area (Å²) in [6.07, 6.45) is 5.16. The van der Waals surface area contributed by atoms with E-state index in [0.29, 0.717) is 0 Å². The third-order valence-corrected chi connectivity index (χ3v) is 3.37. The normalized spacial score (nSPS) is 12.7. The van der Waals surface area contributed by atoms with Crippen LogP contribution in [0.25, 0.3) is 10.9 Å². The van der Waals surface area contributed by atoms with Crippen molar-refractivity contribution >= 4 is 10.9 Å². The molecular weight excluding hydrogens is 246 g/mol. The van der Waals surface area contributed by atoms with Crippen molar-refractivity contribution in [1.82, 2.24) is 9.55 Å². The minimum absolute atomic E-state index is 0.199. The van der Waals surface area contributed by atoms with E-state index in [2.05, 4.69) is 47.3 Å². The zero-order chi connectivity index (χ0) is 13.9. The lowest BCUT2D eigenvalue weighted by molar-refractivity contribution is 0.729. The highest BCUT2D eigenvalue weighted by atomic mass is 15.0. The van der Waals surface area contributed by atoms with Gasteiger partial charge < -0.3 is 10.3 Å². The summed E-state index contributed by atoms with van der Waals surface area (Å²) in [4.78, 5) is 4.70. The molecule has 0 aliphatic heterocycles. The van der Waals surface area contributed by atoms with Crippen LogP contribution in [0.4, 0.5) is 0 Å². The van der Waals surface area contributed by atoms with Crippen LogP contribution in [-0.4, -0.2) is 15.6 Å². The second-order valence-electron chi connectivity index (χ2n) is 5.37. The first kappa shape index (κ1) is 12.9. The first-order valence-corrected chi connectivity index (χ1v) is 6.95. The number of hydrogen-bond acceptors (Lipinski definition) is 2. The molecule has 0 radical (unpaired) electrons. The molecule has 1 unspecified atom stereocenters. The lowest BCUT2D eigenvalue weighted by atomic mass is 10.1. The second-order valence-corrected chi connectivity index (χ2v) is 5.37. The largest absolute Gasteiger partial charge is 0.348 e. The first-order valence-electron chi connectivity index (χ1n) is 6.95. The highest BCUT2D eigenvalue weighted by Gasteiger charge is 2.02. The van der Waals surface area contributed by atoms with Crippen LogP contribution in [0.15, 0.2) is 54.9 Å². The van der Waals surface area contributed by atoms with Crippen LogP contribution in [0.2, 0.25) is 0 Å². The summed E-state index contributed by atoms with van der Waals surface area (Å²) in [5.41, 5.74) is 9.23.